The highest BCUT2D eigenvalue weighted by atomic mass is 35.5. The first kappa shape index (κ1) is 24.0. The molecule has 2 N–H and O–H groups in total. The van der Waals surface area contributed by atoms with Gasteiger partial charge in [0.25, 0.3) is 5.56 Å². The molecule has 0 aliphatic heterocycles. The summed E-state index contributed by atoms with van der Waals surface area (Å²) in [7, 11) is -2.30. The zero-order valence-electron chi connectivity index (χ0n) is 18.0. The average Bonchev–Trinajstić information content (AvgIpc) is 2.80. The minimum absolute atomic E-state index is 0.0928. The Morgan fingerprint density at radius 2 is 1.79 bits per heavy atom. The molecule has 12 heteroatoms. The topological polar surface area (TPSA) is 115 Å². The van der Waals surface area contributed by atoms with Gasteiger partial charge in [0, 0.05) is 29.4 Å². The maximum absolute atomic E-state index is 13.2. The lowest BCUT2D eigenvalue weighted by Crippen LogP contribution is -2.27. The first-order valence-electron chi connectivity index (χ1n) is 10.0. The summed E-state index contributed by atoms with van der Waals surface area (Å²) < 4.78 is 28.0. The van der Waals surface area contributed by atoms with E-state index in [1.54, 1.807) is 43.3 Å². The normalized spacial score (nSPS) is 11.5. The first-order valence-corrected chi connectivity index (χ1v) is 12.3. The molecule has 0 unspecified atom stereocenters. The third-order valence-electron chi connectivity index (χ3n) is 4.85. The van der Waals surface area contributed by atoms with Crippen molar-refractivity contribution in [1.29, 1.82) is 0 Å². The molecule has 4 rings (SSSR count). The van der Waals surface area contributed by atoms with Gasteiger partial charge in [0.05, 0.1) is 20.5 Å². The van der Waals surface area contributed by atoms with Gasteiger partial charge in [-0.2, -0.15) is 4.98 Å². The molecule has 176 valence electrons. The third kappa shape index (κ3) is 4.58. The molecule has 0 radical (unpaired) electrons. The second-order valence-corrected chi connectivity index (χ2v) is 9.64. The van der Waals surface area contributed by atoms with Crippen LogP contribution in [0.15, 0.2) is 64.4 Å². The lowest BCUT2D eigenvalue weighted by molar-refractivity contribution is 0.168. The zero-order valence-corrected chi connectivity index (χ0v) is 20.4. The van der Waals surface area contributed by atoms with Crippen molar-refractivity contribution < 1.29 is 13.3 Å². The van der Waals surface area contributed by atoms with Crippen LogP contribution in [0.5, 0.6) is 0 Å². The first-order chi connectivity index (χ1) is 16.2. The van der Waals surface area contributed by atoms with E-state index in [1.165, 1.54) is 25.4 Å². The molecule has 0 saturated carbocycles. The van der Waals surface area contributed by atoms with E-state index in [4.69, 9.17) is 28.0 Å². The van der Waals surface area contributed by atoms with Crippen LogP contribution in [0.3, 0.4) is 0 Å². The van der Waals surface area contributed by atoms with Crippen LogP contribution in [0, 0.1) is 0 Å². The van der Waals surface area contributed by atoms with Crippen LogP contribution in [0.25, 0.3) is 22.2 Å². The minimum Gasteiger partial charge on any atom is -0.412 e. The molecule has 0 fully saturated rings. The van der Waals surface area contributed by atoms with Gasteiger partial charge in [-0.3, -0.25) is 4.79 Å². The predicted molar refractivity (Wildman–Crippen MR) is 132 cm³/mol. The molecule has 2 aromatic heterocycles. The predicted octanol–water partition coefficient (Wildman–Crippen LogP) is 3.87. The molecule has 0 amide bonds. The Bertz CT molecular complexity index is 1540. The maximum atomic E-state index is 13.2. The summed E-state index contributed by atoms with van der Waals surface area (Å²) in [5.74, 6) is 0.138. The highest BCUT2D eigenvalue weighted by molar-refractivity contribution is 7.89. The van der Waals surface area contributed by atoms with Crippen LogP contribution < -0.4 is 20.4 Å². The summed E-state index contributed by atoms with van der Waals surface area (Å²) >= 11 is 12.6. The molecule has 2 heterocycles. The van der Waals surface area contributed by atoms with Crippen molar-refractivity contribution in [1.82, 2.24) is 19.4 Å². The second-order valence-electron chi connectivity index (χ2n) is 7.06. The van der Waals surface area contributed by atoms with Crippen LogP contribution in [0.4, 0.5) is 11.6 Å². The Balaban J connectivity index is 1.78. The van der Waals surface area contributed by atoms with Crippen molar-refractivity contribution in [2.45, 2.75) is 11.8 Å². The number of fused-ring (bicyclic) bond motifs is 1. The van der Waals surface area contributed by atoms with E-state index in [-0.39, 0.29) is 28.6 Å². The number of pyridine rings is 1. The van der Waals surface area contributed by atoms with E-state index in [9.17, 15) is 13.2 Å². The summed E-state index contributed by atoms with van der Waals surface area (Å²) in [4.78, 5) is 27.3. The summed E-state index contributed by atoms with van der Waals surface area (Å²) in [6.07, 6.45) is 1.51. The fourth-order valence-electron chi connectivity index (χ4n) is 3.38. The number of nitrogens with one attached hydrogen (secondary N) is 2. The average molecular weight is 520 g/mol. The number of hydrogen-bond acceptors (Lipinski definition) is 7. The molecule has 0 spiro atoms. The Kier molecular flexibility index (Phi) is 6.76. The van der Waals surface area contributed by atoms with Crippen molar-refractivity contribution in [3.8, 4) is 11.1 Å². The van der Waals surface area contributed by atoms with E-state index in [2.05, 4.69) is 20.0 Å². The number of anilines is 2. The number of nitrogens with zero attached hydrogens (tertiary/aromatic N) is 3. The van der Waals surface area contributed by atoms with Crippen molar-refractivity contribution in [2.24, 2.45) is 0 Å². The highest BCUT2D eigenvalue weighted by Gasteiger charge is 2.18. The molecule has 0 bridgehead atoms. The quantitative estimate of drug-likeness (QED) is 0.380. The van der Waals surface area contributed by atoms with Crippen LogP contribution in [0.2, 0.25) is 10.0 Å². The Hall–Kier alpha value is -3.18. The molecule has 0 aliphatic carbocycles. The van der Waals surface area contributed by atoms with Gasteiger partial charge in [-0.05, 0) is 36.4 Å². The van der Waals surface area contributed by atoms with E-state index in [0.717, 1.165) is 4.73 Å². The molecule has 2 aromatic carbocycles. The molecule has 0 atom stereocenters. The van der Waals surface area contributed by atoms with Gasteiger partial charge in [0.15, 0.2) is 5.65 Å². The fourth-order valence-corrected chi connectivity index (χ4v) is 5.06. The summed E-state index contributed by atoms with van der Waals surface area (Å²) in [5, 5.41) is 4.10. The van der Waals surface area contributed by atoms with Crippen molar-refractivity contribution in [3.05, 3.63) is 75.1 Å². The number of sulfonamides is 1. The summed E-state index contributed by atoms with van der Waals surface area (Å²) in [6.45, 7) is 1.96. The van der Waals surface area contributed by atoms with Crippen molar-refractivity contribution >= 4 is 55.9 Å². The Morgan fingerprint density at radius 1 is 1.09 bits per heavy atom. The number of hydrogen-bond donors (Lipinski definition) is 2. The van der Waals surface area contributed by atoms with Crippen LogP contribution in [0.1, 0.15) is 6.92 Å². The van der Waals surface area contributed by atoms with Gasteiger partial charge < -0.3 is 10.2 Å². The van der Waals surface area contributed by atoms with E-state index < -0.39 is 15.6 Å². The smallest absolute Gasteiger partial charge is 0.293 e. The summed E-state index contributed by atoms with van der Waals surface area (Å²) in [5.41, 5.74) is 0.755. The van der Waals surface area contributed by atoms with Gasteiger partial charge in [0.1, 0.15) is 7.11 Å². The van der Waals surface area contributed by atoms with Crippen LogP contribution in [-0.2, 0) is 10.0 Å². The monoisotopic (exact) mass is 519 g/mol. The van der Waals surface area contributed by atoms with E-state index >= 15 is 0 Å². The fraction of sp³-hybridized carbons (Fsp3) is 0.136. The lowest BCUT2D eigenvalue weighted by atomic mass is 10.1. The van der Waals surface area contributed by atoms with Crippen LogP contribution >= 0.6 is 23.2 Å². The molecule has 0 aliphatic rings. The lowest BCUT2D eigenvalue weighted by Gasteiger charge is -2.13. The van der Waals surface area contributed by atoms with Crippen molar-refractivity contribution in [3.63, 3.8) is 0 Å². The van der Waals surface area contributed by atoms with Crippen molar-refractivity contribution in [2.75, 3.05) is 19.0 Å². The van der Waals surface area contributed by atoms with Gasteiger partial charge >= 0.3 is 0 Å². The number of rotatable bonds is 7. The largest absolute Gasteiger partial charge is 0.412 e. The Morgan fingerprint density at radius 3 is 2.47 bits per heavy atom. The highest BCUT2D eigenvalue weighted by Crippen LogP contribution is 2.33. The molecule has 0 saturated heterocycles. The second kappa shape index (κ2) is 9.59. The number of benzene rings is 2. The van der Waals surface area contributed by atoms with Crippen LogP contribution in [-0.4, -0.2) is 36.8 Å². The molecular weight excluding hydrogens is 501 g/mol. The zero-order chi connectivity index (χ0) is 24.5. The van der Waals surface area contributed by atoms with Gasteiger partial charge in [-0.25, -0.2) is 18.1 Å². The summed E-state index contributed by atoms with van der Waals surface area (Å²) in [6, 6.07) is 12.8. The Labute approximate surface area is 205 Å². The molecule has 4 aromatic rings. The van der Waals surface area contributed by atoms with Gasteiger partial charge in [0.2, 0.25) is 16.0 Å². The minimum atomic E-state index is -3.63. The number of halogens is 2. The standard InChI is InChI=1S/C22H19Cl2N5O4S/c1-3-26-34(31,32)15-7-4-6-14(11-15)27-22-25-12-13-10-16(19-17(23)8-5-9-18(19)24)21(30)29(33-2)20(13)28-22/h4-12,26H,3H2,1-2H3,(H,25,27,28). The van der Waals surface area contributed by atoms with E-state index in [1.807, 2.05) is 0 Å². The van der Waals surface area contributed by atoms with Gasteiger partial charge in [-0.15, -0.1) is 4.73 Å². The van der Waals surface area contributed by atoms with Gasteiger partial charge in [-0.1, -0.05) is 42.3 Å². The maximum Gasteiger partial charge on any atom is 0.293 e. The van der Waals surface area contributed by atoms with E-state index in [0.29, 0.717) is 26.7 Å². The third-order valence-corrected chi connectivity index (χ3v) is 7.03. The SMILES string of the molecule is CCNS(=O)(=O)c1cccc(Nc2ncc3cc(-c4c(Cl)cccc4Cl)c(=O)n(OC)c3n2)c1. The molecule has 34 heavy (non-hydrogen) atoms. The number of aromatic nitrogens is 3. The molecule has 9 nitrogen and oxygen atoms in total. The molecular formula is C22H19Cl2N5O4S.